The Morgan fingerprint density at radius 3 is 2.68 bits per heavy atom. The molecule has 0 saturated carbocycles. The number of nitrogens with one attached hydrogen (secondary N) is 1. The third-order valence-corrected chi connectivity index (χ3v) is 5.96. The first kappa shape index (κ1) is 21.4. The lowest BCUT2D eigenvalue weighted by Gasteiger charge is -2.28. The molecule has 0 saturated heterocycles. The van der Waals surface area contributed by atoms with Crippen molar-refractivity contribution < 1.29 is 9.53 Å². The van der Waals surface area contributed by atoms with Crippen LogP contribution in [0.3, 0.4) is 0 Å². The predicted molar refractivity (Wildman–Crippen MR) is 125 cm³/mol. The number of ether oxygens (including phenoxy) is 1. The monoisotopic (exact) mass is 434 g/mol. The van der Waals surface area contributed by atoms with Crippen molar-refractivity contribution in [2.75, 3.05) is 19.6 Å². The van der Waals surface area contributed by atoms with E-state index in [1.165, 1.54) is 11.1 Å². The smallest absolute Gasteiger partial charge is 0.251 e. The van der Waals surface area contributed by atoms with Gasteiger partial charge in [0.15, 0.2) is 0 Å². The molecule has 0 radical (unpaired) electrons. The van der Waals surface area contributed by atoms with Crippen LogP contribution >= 0.6 is 11.6 Å². The average Bonchev–Trinajstić information content (AvgIpc) is 2.81. The molecule has 0 fully saturated rings. The Morgan fingerprint density at radius 1 is 1.00 bits per heavy atom. The molecule has 0 unspecified atom stereocenters. The summed E-state index contributed by atoms with van der Waals surface area (Å²) in [5.41, 5.74) is 4.40. The molecule has 4 rings (SSSR count). The van der Waals surface area contributed by atoms with E-state index in [2.05, 4.69) is 34.5 Å². The van der Waals surface area contributed by atoms with Crippen LogP contribution in [0.25, 0.3) is 0 Å². The molecular formula is C26H27ClN2O2. The fourth-order valence-corrected chi connectivity index (χ4v) is 4.05. The molecule has 1 aliphatic heterocycles. The second-order valence-electron chi connectivity index (χ2n) is 7.81. The number of halogens is 1. The number of hydrogen-bond acceptors (Lipinski definition) is 3. The van der Waals surface area contributed by atoms with Gasteiger partial charge in [-0.2, -0.15) is 0 Å². The Morgan fingerprint density at radius 2 is 1.81 bits per heavy atom. The Labute approximate surface area is 188 Å². The summed E-state index contributed by atoms with van der Waals surface area (Å²) >= 11 is 6.18. The summed E-state index contributed by atoms with van der Waals surface area (Å²) in [6.45, 7) is 4.08. The maximum atomic E-state index is 12.5. The van der Waals surface area contributed by atoms with E-state index in [-0.39, 0.29) is 5.91 Å². The van der Waals surface area contributed by atoms with E-state index < -0.39 is 0 Å². The van der Waals surface area contributed by atoms with Crippen molar-refractivity contribution in [3.8, 4) is 5.75 Å². The van der Waals surface area contributed by atoms with Gasteiger partial charge >= 0.3 is 0 Å². The van der Waals surface area contributed by atoms with Crippen LogP contribution < -0.4 is 10.1 Å². The molecule has 160 valence electrons. The van der Waals surface area contributed by atoms with Gasteiger partial charge in [-0.15, -0.1) is 0 Å². The molecule has 0 atom stereocenters. The molecular weight excluding hydrogens is 408 g/mol. The number of carbonyl (C=O) groups excluding carboxylic acids is 1. The number of fused-ring (bicyclic) bond motifs is 1. The van der Waals surface area contributed by atoms with Crippen LogP contribution in [0.4, 0.5) is 0 Å². The minimum atomic E-state index is -0.0767. The van der Waals surface area contributed by atoms with Crippen LogP contribution in [0.1, 0.15) is 33.5 Å². The van der Waals surface area contributed by atoms with Crippen molar-refractivity contribution in [3.05, 3.63) is 100 Å². The van der Waals surface area contributed by atoms with E-state index in [9.17, 15) is 4.79 Å². The molecule has 0 spiro atoms. The molecule has 1 aliphatic rings. The normalized spacial score (nSPS) is 13.5. The summed E-state index contributed by atoms with van der Waals surface area (Å²) in [6, 6.07) is 23.5. The third-order valence-electron chi connectivity index (χ3n) is 5.59. The highest BCUT2D eigenvalue weighted by molar-refractivity contribution is 6.31. The lowest BCUT2D eigenvalue weighted by molar-refractivity contribution is 0.0950. The average molecular weight is 435 g/mol. The van der Waals surface area contributed by atoms with Crippen LogP contribution in [0.2, 0.25) is 5.02 Å². The van der Waals surface area contributed by atoms with Crippen molar-refractivity contribution >= 4 is 17.5 Å². The van der Waals surface area contributed by atoms with Crippen molar-refractivity contribution in [2.24, 2.45) is 0 Å². The molecule has 4 nitrogen and oxygen atoms in total. The number of carbonyl (C=O) groups is 1. The highest BCUT2D eigenvalue weighted by Gasteiger charge is 2.15. The van der Waals surface area contributed by atoms with Crippen LogP contribution in [0, 0.1) is 0 Å². The zero-order valence-corrected chi connectivity index (χ0v) is 18.3. The number of amides is 1. The molecule has 0 aliphatic carbocycles. The molecule has 5 heteroatoms. The second-order valence-corrected chi connectivity index (χ2v) is 8.22. The minimum Gasteiger partial charge on any atom is -0.489 e. The minimum absolute atomic E-state index is 0.0767. The molecule has 3 aromatic rings. The fourth-order valence-electron chi connectivity index (χ4n) is 3.86. The molecule has 0 aromatic heterocycles. The van der Waals surface area contributed by atoms with Crippen molar-refractivity contribution in [1.82, 2.24) is 10.2 Å². The highest BCUT2D eigenvalue weighted by Crippen LogP contribution is 2.20. The SMILES string of the molecule is O=C(NCCCN1CCc2ccccc2C1)c1cccc(OCc2ccccc2Cl)c1. The zero-order chi connectivity index (χ0) is 21.5. The third kappa shape index (κ3) is 5.87. The van der Waals surface area contributed by atoms with Gasteiger partial charge < -0.3 is 10.1 Å². The van der Waals surface area contributed by atoms with Crippen molar-refractivity contribution in [1.29, 1.82) is 0 Å². The van der Waals surface area contributed by atoms with E-state index in [4.69, 9.17) is 16.3 Å². The first-order valence-corrected chi connectivity index (χ1v) is 11.1. The van der Waals surface area contributed by atoms with Gasteiger partial charge in [0.25, 0.3) is 5.91 Å². The van der Waals surface area contributed by atoms with Crippen molar-refractivity contribution in [2.45, 2.75) is 26.0 Å². The lowest BCUT2D eigenvalue weighted by Crippen LogP contribution is -2.33. The van der Waals surface area contributed by atoms with E-state index >= 15 is 0 Å². The Kier molecular flexibility index (Phi) is 7.23. The maximum absolute atomic E-state index is 12.5. The molecule has 31 heavy (non-hydrogen) atoms. The van der Waals surface area contributed by atoms with E-state index in [1.807, 2.05) is 36.4 Å². The van der Waals surface area contributed by atoms with Gasteiger partial charge in [0.1, 0.15) is 12.4 Å². The maximum Gasteiger partial charge on any atom is 0.251 e. The molecule has 1 N–H and O–H groups in total. The Bertz CT molecular complexity index is 1040. The molecule has 0 bridgehead atoms. The van der Waals surface area contributed by atoms with Gasteiger partial charge in [-0.3, -0.25) is 9.69 Å². The first-order valence-electron chi connectivity index (χ1n) is 10.7. The quantitative estimate of drug-likeness (QED) is 0.501. The van der Waals surface area contributed by atoms with Crippen LogP contribution in [0.15, 0.2) is 72.8 Å². The summed E-state index contributed by atoms with van der Waals surface area (Å²) in [6.07, 6.45) is 2.03. The van der Waals surface area contributed by atoms with Crippen LogP contribution in [-0.4, -0.2) is 30.4 Å². The largest absolute Gasteiger partial charge is 0.489 e. The highest BCUT2D eigenvalue weighted by atomic mass is 35.5. The zero-order valence-electron chi connectivity index (χ0n) is 17.5. The summed E-state index contributed by atoms with van der Waals surface area (Å²) in [5.74, 6) is 0.576. The number of benzene rings is 3. The standard InChI is InChI=1S/C26H27ClN2O2/c27-25-12-4-3-9-23(25)19-31-24-11-5-10-21(17-24)26(30)28-14-6-15-29-16-13-20-7-1-2-8-22(20)18-29/h1-5,7-12,17H,6,13-16,18-19H2,(H,28,30). The van der Waals surface area contributed by atoms with Crippen LogP contribution in [0.5, 0.6) is 5.75 Å². The molecule has 3 aromatic carbocycles. The van der Waals surface area contributed by atoms with E-state index in [1.54, 1.807) is 12.1 Å². The first-order chi connectivity index (χ1) is 15.2. The van der Waals surface area contributed by atoms with Gasteiger partial charge in [-0.05, 0) is 48.2 Å². The van der Waals surface area contributed by atoms with Gasteiger partial charge in [-0.1, -0.05) is 60.1 Å². The van der Waals surface area contributed by atoms with Gasteiger partial charge in [-0.25, -0.2) is 0 Å². The topological polar surface area (TPSA) is 41.6 Å². The summed E-state index contributed by atoms with van der Waals surface area (Å²) in [5, 5.41) is 3.70. The van der Waals surface area contributed by atoms with Gasteiger partial charge in [0, 0.05) is 42.3 Å². The Balaban J connectivity index is 1.22. The predicted octanol–water partition coefficient (Wildman–Crippen LogP) is 5.10. The summed E-state index contributed by atoms with van der Waals surface area (Å²) < 4.78 is 5.83. The van der Waals surface area contributed by atoms with E-state index in [0.29, 0.717) is 29.5 Å². The molecule has 1 heterocycles. The van der Waals surface area contributed by atoms with Crippen molar-refractivity contribution in [3.63, 3.8) is 0 Å². The fraction of sp³-hybridized carbons (Fsp3) is 0.269. The summed E-state index contributed by atoms with van der Waals surface area (Å²) in [4.78, 5) is 15.0. The number of hydrogen-bond donors (Lipinski definition) is 1. The van der Waals surface area contributed by atoms with Crippen LogP contribution in [-0.2, 0) is 19.6 Å². The number of nitrogens with zero attached hydrogens (tertiary/aromatic N) is 1. The van der Waals surface area contributed by atoms with E-state index in [0.717, 1.165) is 38.0 Å². The second kappa shape index (κ2) is 10.5. The number of rotatable bonds is 8. The Hall–Kier alpha value is -2.82. The lowest BCUT2D eigenvalue weighted by atomic mass is 10.00. The van der Waals surface area contributed by atoms with Gasteiger partial charge in [0.2, 0.25) is 0 Å². The molecule has 1 amide bonds. The van der Waals surface area contributed by atoms with Gasteiger partial charge in [0.05, 0.1) is 0 Å². The summed E-state index contributed by atoms with van der Waals surface area (Å²) in [7, 11) is 0.